The lowest BCUT2D eigenvalue weighted by Crippen LogP contribution is -2.38. The number of ether oxygens (including phenoxy) is 1. The zero-order valence-corrected chi connectivity index (χ0v) is 9.91. The van der Waals surface area contributed by atoms with Crippen LogP contribution in [0.3, 0.4) is 0 Å². The predicted octanol–water partition coefficient (Wildman–Crippen LogP) is 1.27. The molecule has 80 valence electrons. The number of amides is 1. The molecule has 0 aromatic rings. The molecule has 0 bridgehead atoms. The van der Waals surface area contributed by atoms with Crippen LogP contribution in [0.2, 0.25) is 25.7 Å². The average Bonchev–Trinajstić information content (AvgIpc) is 2.53. The molecule has 0 radical (unpaired) electrons. The number of nitrogens with zero attached hydrogens (tertiary/aromatic N) is 2. The quantitative estimate of drug-likeness (QED) is 0.721. The number of carbonyl (C=O) groups is 1. The molecule has 0 fully saturated rings. The monoisotopic (exact) mass is 215 g/mol. The van der Waals surface area contributed by atoms with Crippen molar-refractivity contribution in [1.82, 2.24) is 10.4 Å². The molecule has 0 saturated heterocycles. The van der Waals surface area contributed by atoms with Crippen LogP contribution in [0.15, 0.2) is 4.99 Å². The number of hydrogen-bond donors (Lipinski definition) is 1. The summed E-state index contributed by atoms with van der Waals surface area (Å²) < 4.78 is 5.08. The summed E-state index contributed by atoms with van der Waals surface area (Å²) in [7, 11) is -1.11. The molecule has 1 aliphatic rings. The third kappa shape index (κ3) is 3.78. The third-order valence-electron chi connectivity index (χ3n) is 1.83. The summed E-state index contributed by atoms with van der Waals surface area (Å²) in [5, 5.41) is 1.34. The molecule has 6 heteroatoms. The molecular formula is C8H17N3O2Si. The fourth-order valence-corrected chi connectivity index (χ4v) is 1.62. The maximum Gasteiger partial charge on any atom is 0.430 e. The summed E-state index contributed by atoms with van der Waals surface area (Å²) >= 11 is 0. The van der Waals surface area contributed by atoms with Gasteiger partial charge in [0.1, 0.15) is 13.0 Å². The Kier molecular flexibility index (Phi) is 3.51. The summed E-state index contributed by atoms with van der Waals surface area (Å²) in [6, 6.07) is 0.993. The van der Waals surface area contributed by atoms with Crippen LogP contribution in [0.5, 0.6) is 0 Å². The second-order valence-corrected chi connectivity index (χ2v) is 10.1. The van der Waals surface area contributed by atoms with Gasteiger partial charge in [-0.05, 0) is 6.04 Å². The molecule has 0 saturated carbocycles. The topological polar surface area (TPSA) is 53.9 Å². The van der Waals surface area contributed by atoms with E-state index < -0.39 is 8.07 Å². The summed E-state index contributed by atoms with van der Waals surface area (Å²) in [4.78, 5) is 15.1. The maximum absolute atomic E-state index is 11.3. The van der Waals surface area contributed by atoms with Gasteiger partial charge in [0.25, 0.3) is 0 Å². The number of nitrogens with one attached hydrogen (secondary N) is 1. The number of rotatable bonds is 3. The van der Waals surface area contributed by atoms with Crippen LogP contribution in [0.4, 0.5) is 4.79 Å². The summed E-state index contributed by atoms with van der Waals surface area (Å²) in [5.41, 5.74) is 2.68. The van der Waals surface area contributed by atoms with E-state index in [1.807, 2.05) is 0 Å². The molecule has 1 amide bonds. The molecule has 0 aromatic carbocycles. The molecule has 0 atom stereocenters. The van der Waals surface area contributed by atoms with Gasteiger partial charge < -0.3 is 4.74 Å². The minimum atomic E-state index is -1.11. The van der Waals surface area contributed by atoms with Gasteiger partial charge in [-0.25, -0.2) is 4.79 Å². The van der Waals surface area contributed by atoms with Crippen molar-refractivity contribution in [3.8, 4) is 0 Å². The van der Waals surface area contributed by atoms with Crippen molar-refractivity contribution < 1.29 is 9.53 Å². The van der Waals surface area contributed by atoms with Gasteiger partial charge >= 0.3 is 6.09 Å². The van der Waals surface area contributed by atoms with Gasteiger partial charge in [-0.2, -0.15) is 5.01 Å². The number of aliphatic imine (C=N–C) groups is 1. The Morgan fingerprint density at radius 2 is 2.36 bits per heavy atom. The van der Waals surface area contributed by atoms with Crippen molar-refractivity contribution in [3.05, 3.63) is 0 Å². The van der Waals surface area contributed by atoms with Crippen molar-refractivity contribution in [2.75, 3.05) is 13.3 Å². The van der Waals surface area contributed by atoms with Crippen LogP contribution in [-0.4, -0.2) is 38.8 Å². The first kappa shape index (κ1) is 11.0. The van der Waals surface area contributed by atoms with Gasteiger partial charge in [0.05, 0.1) is 6.61 Å². The Morgan fingerprint density at radius 3 is 2.86 bits per heavy atom. The van der Waals surface area contributed by atoms with Gasteiger partial charge in [-0.1, -0.05) is 19.6 Å². The highest BCUT2D eigenvalue weighted by atomic mass is 28.3. The van der Waals surface area contributed by atoms with E-state index in [0.29, 0.717) is 13.3 Å². The van der Waals surface area contributed by atoms with Crippen molar-refractivity contribution in [2.24, 2.45) is 4.99 Å². The average molecular weight is 215 g/mol. The molecule has 1 N–H and O–H groups in total. The lowest BCUT2D eigenvalue weighted by atomic mass is 10.8. The number of carbonyl (C=O) groups excluding carboxylic acids is 1. The highest BCUT2D eigenvalue weighted by molar-refractivity contribution is 6.76. The molecule has 5 nitrogen and oxygen atoms in total. The lowest BCUT2D eigenvalue weighted by Gasteiger charge is -2.18. The van der Waals surface area contributed by atoms with Crippen LogP contribution in [0, 0.1) is 0 Å². The highest BCUT2D eigenvalue weighted by Gasteiger charge is 2.18. The Bertz CT molecular complexity index is 229. The fourth-order valence-electron chi connectivity index (χ4n) is 0.907. The highest BCUT2D eigenvalue weighted by Crippen LogP contribution is 2.08. The Morgan fingerprint density at radius 1 is 1.64 bits per heavy atom. The molecule has 1 aliphatic heterocycles. The van der Waals surface area contributed by atoms with E-state index in [1.54, 1.807) is 0 Å². The van der Waals surface area contributed by atoms with Crippen LogP contribution >= 0.6 is 0 Å². The van der Waals surface area contributed by atoms with E-state index in [9.17, 15) is 4.79 Å². The zero-order chi connectivity index (χ0) is 10.6. The Hall–Kier alpha value is -1.04. The number of hydrazine groups is 1. The van der Waals surface area contributed by atoms with Gasteiger partial charge in [0, 0.05) is 8.07 Å². The lowest BCUT2D eigenvalue weighted by molar-refractivity contribution is 0.103. The van der Waals surface area contributed by atoms with E-state index in [-0.39, 0.29) is 6.09 Å². The first-order valence-electron chi connectivity index (χ1n) is 4.68. The van der Waals surface area contributed by atoms with E-state index in [2.05, 4.69) is 30.1 Å². The smallest absolute Gasteiger partial charge is 0.430 e. The fraction of sp³-hybridized carbons (Fsp3) is 0.750. The Labute approximate surface area is 85.1 Å². The van der Waals surface area contributed by atoms with Crippen molar-refractivity contribution in [3.63, 3.8) is 0 Å². The third-order valence-corrected chi connectivity index (χ3v) is 3.53. The second-order valence-electron chi connectivity index (χ2n) is 4.44. The van der Waals surface area contributed by atoms with E-state index >= 15 is 0 Å². The summed E-state index contributed by atoms with van der Waals surface area (Å²) in [5.74, 6) is 0. The molecule has 0 spiro atoms. The summed E-state index contributed by atoms with van der Waals surface area (Å²) in [6.07, 6.45) is 1.14. The largest absolute Gasteiger partial charge is 0.448 e. The van der Waals surface area contributed by atoms with Gasteiger partial charge in [0.15, 0.2) is 0 Å². The SMILES string of the molecule is C[Si](C)(C)CCOC(=O)N1CN=CN1. The first-order chi connectivity index (χ1) is 6.49. The molecule has 0 unspecified atom stereocenters. The van der Waals surface area contributed by atoms with Crippen LogP contribution in [0.25, 0.3) is 0 Å². The normalized spacial score (nSPS) is 15.5. The van der Waals surface area contributed by atoms with Gasteiger partial charge in [0.2, 0.25) is 0 Å². The van der Waals surface area contributed by atoms with E-state index in [4.69, 9.17) is 4.74 Å². The maximum atomic E-state index is 11.3. The molecule has 1 heterocycles. The predicted molar refractivity (Wildman–Crippen MR) is 57.8 cm³/mol. The minimum Gasteiger partial charge on any atom is -0.448 e. The molecule has 0 aromatic heterocycles. The van der Waals surface area contributed by atoms with Crippen molar-refractivity contribution in [1.29, 1.82) is 0 Å². The van der Waals surface area contributed by atoms with Crippen LogP contribution < -0.4 is 5.43 Å². The summed E-state index contributed by atoms with van der Waals surface area (Å²) in [6.45, 7) is 7.59. The standard InChI is InChI=1S/C8H17N3O2Si/c1-14(2,3)5-4-13-8(12)11-7-9-6-10-11/h6H,4-5,7H2,1-3H3,(H,9,10). The second kappa shape index (κ2) is 4.45. The van der Waals surface area contributed by atoms with E-state index in [1.165, 1.54) is 11.3 Å². The van der Waals surface area contributed by atoms with Gasteiger partial charge in [-0.3, -0.25) is 10.4 Å². The van der Waals surface area contributed by atoms with Crippen LogP contribution in [0.1, 0.15) is 0 Å². The van der Waals surface area contributed by atoms with Crippen LogP contribution in [-0.2, 0) is 4.74 Å². The minimum absolute atomic E-state index is 0.339. The van der Waals surface area contributed by atoms with Crippen molar-refractivity contribution >= 4 is 20.5 Å². The molecular weight excluding hydrogens is 198 g/mol. The van der Waals surface area contributed by atoms with Crippen molar-refractivity contribution in [2.45, 2.75) is 25.7 Å². The zero-order valence-electron chi connectivity index (χ0n) is 8.91. The van der Waals surface area contributed by atoms with E-state index in [0.717, 1.165) is 6.04 Å². The molecule has 1 rings (SSSR count). The Balaban J connectivity index is 2.15. The molecule has 0 aliphatic carbocycles. The molecule has 14 heavy (non-hydrogen) atoms. The number of hydrogen-bond acceptors (Lipinski definition) is 4. The first-order valence-corrected chi connectivity index (χ1v) is 8.38. The van der Waals surface area contributed by atoms with Gasteiger partial charge in [-0.15, -0.1) is 0 Å².